The summed E-state index contributed by atoms with van der Waals surface area (Å²) in [5.41, 5.74) is 1.45. The first-order valence-corrected chi connectivity index (χ1v) is 7.87. The molecule has 4 heteroatoms. The van der Waals surface area contributed by atoms with Crippen LogP contribution in [0.2, 0.25) is 0 Å². The van der Waals surface area contributed by atoms with Crippen LogP contribution in [0.4, 0.5) is 0 Å². The highest BCUT2D eigenvalue weighted by Gasteiger charge is 2.22. The molecule has 0 aromatic carbocycles. The molecule has 2 aliphatic rings. The largest absolute Gasteiger partial charge is 0.334 e. The molecule has 1 aromatic heterocycles. The van der Waals surface area contributed by atoms with Gasteiger partial charge in [0.1, 0.15) is 0 Å². The molecule has 3 rings (SSSR count). The second-order valence-electron chi connectivity index (χ2n) is 5.22. The fraction of sp³-hybridized carbons (Fsp3) is 0.769. The van der Waals surface area contributed by atoms with Crippen LogP contribution < -0.4 is 5.32 Å². The fourth-order valence-corrected chi connectivity index (χ4v) is 4.14. The molecule has 17 heavy (non-hydrogen) atoms. The van der Waals surface area contributed by atoms with Crippen molar-refractivity contribution < 1.29 is 0 Å². The van der Waals surface area contributed by atoms with Crippen molar-refractivity contribution in [1.82, 2.24) is 14.9 Å². The molecule has 0 radical (unpaired) electrons. The van der Waals surface area contributed by atoms with Crippen LogP contribution >= 0.6 is 11.8 Å². The number of nitrogens with zero attached hydrogens (tertiary/aromatic N) is 2. The standard InChI is InChI=1S/C13H21N3S/c1-4-14-7-12(1)13-8-15-10-16(13)9-11-2-5-17-6-3-11/h8,10-12,14H,1-7,9H2. The number of imidazole rings is 1. The van der Waals surface area contributed by atoms with Gasteiger partial charge in [0.25, 0.3) is 0 Å². The molecule has 2 fully saturated rings. The van der Waals surface area contributed by atoms with Crippen molar-refractivity contribution in [1.29, 1.82) is 0 Å². The summed E-state index contributed by atoms with van der Waals surface area (Å²) in [5.74, 6) is 4.26. The Hall–Kier alpha value is -0.480. The molecule has 0 aliphatic carbocycles. The predicted molar refractivity (Wildman–Crippen MR) is 72.5 cm³/mol. The maximum Gasteiger partial charge on any atom is 0.0948 e. The van der Waals surface area contributed by atoms with Gasteiger partial charge in [0.2, 0.25) is 0 Å². The number of rotatable bonds is 3. The van der Waals surface area contributed by atoms with Crippen LogP contribution in [0, 0.1) is 5.92 Å². The van der Waals surface area contributed by atoms with Gasteiger partial charge in [0, 0.05) is 30.9 Å². The minimum atomic E-state index is 0.690. The number of nitrogens with one attached hydrogen (secondary N) is 1. The average Bonchev–Trinajstić information content (AvgIpc) is 3.00. The van der Waals surface area contributed by atoms with Crippen molar-refractivity contribution in [3.05, 3.63) is 18.2 Å². The lowest BCUT2D eigenvalue weighted by molar-refractivity contribution is 0.406. The molecule has 2 saturated heterocycles. The third-order valence-electron chi connectivity index (χ3n) is 4.02. The molecule has 3 nitrogen and oxygen atoms in total. The van der Waals surface area contributed by atoms with E-state index in [2.05, 4.69) is 32.8 Å². The summed E-state index contributed by atoms with van der Waals surface area (Å²) in [5, 5.41) is 3.45. The first-order valence-electron chi connectivity index (χ1n) is 6.72. The smallest absolute Gasteiger partial charge is 0.0948 e. The lowest BCUT2D eigenvalue weighted by atomic mass is 10.0. The molecule has 0 bridgehead atoms. The van der Waals surface area contributed by atoms with Gasteiger partial charge in [0.15, 0.2) is 0 Å². The molecular weight excluding hydrogens is 230 g/mol. The summed E-state index contributed by atoms with van der Waals surface area (Å²) in [6, 6.07) is 0. The Bertz CT molecular complexity index is 351. The molecule has 1 aromatic rings. The summed E-state index contributed by atoms with van der Waals surface area (Å²) in [6.07, 6.45) is 8.15. The third kappa shape index (κ3) is 2.68. The maximum atomic E-state index is 4.36. The van der Waals surface area contributed by atoms with Crippen LogP contribution in [0.1, 0.15) is 30.9 Å². The van der Waals surface area contributed by atoms with E-state index >= 15 is 0 Å². The highest BCUT2D eigenvalue weighted by Crippen LogP contribution is 2.27. The Morgan fingerprint density at radius 1 is 1.35 bits per heavy atom. The number of thioether (sulfide) groups is 1. The molecule has 0 amide bonds. The molecule has 0 saturated carbocycles. The molecule has 2 aliphatic heterocycles. The number of hydrogen-bond acceptors (Lipinski definition) is 3. The van der Waals surface area contributed by atoms with E-state index in [4.69, 9.17) is 0 Å². The monoisotopic (exact) mass is 251 g/mol. The Morgan fingerprint density at radius 3 is 3.00 bits per heavy atom. The van der Waals surface area contributed by atoms with Crippen LogP contribution in [0.15, 0.2) is 12.5 Å². The van der Waals surface area contributed by atoms with Crippen molar-refractivity contribution in [3.8, 4) is 0 Å². The molecule has 0 spiro atoms. The summed E-state index contributed by atoms with van der Waals surface area (Å²) in [6.45, 7) is 3.48. The highest BCUT2D eigenvalue weighted by molar-refractivity contribution is 7.99. The van der Waals surface area contributed by atoms with Crippen molar-refractivity contribution in [2.75, 3.05) is 24.6 Å². The second kappa shape index (κ2) is 5.44. The van der Waals surface area contributed by atoms with Crippen molar-refractivity contribution in [2.45, 2.75) is 31.7 Å². The van der Waals surface area contributed by atoms with Gasteiger partial charge in [-0.25, -0.2) is 4.98 Å². The van der Waals surface area contributed by atoms with E-state index in [0.29, 0.717) is 5.92 Å². The lowest BCUT2D eigenvalue weighted by Gasteiger charge is -2.23. The predicted octanol–water partition coefficient (Wildman–Crippen LogP) is 2.10. The molecule has 94 valence electrons. The van der Waals surface area contributed by atoms with Gasteiger partial charge in [-0.3, -0.25) is 0 Å². The Balaban J connectivity index is 1.67. The fourth-order valence-electron chi connectivity index (χ4n) is 2.94. The number of aromatic nitrogens is 2. The van der Waals surface area contributed by atoms with E-state index in [0.717, 1.165) is 19.0 Å². The summed E-state index contributed by atoms with van der Waals surface area (Å²) < 4.78 is 2.42. The van der Waals surface area contributed by atoms with Crippen molar-refractivity contribution in [3.63, 3.8) is 0 Å². The Kier molecular flexibility index (Phi) is 3.71. The maximum absolute atomic E-state index is 4.36. The molecule has 1 atom stereocenters. The van der Waals surface area contributed by atoms with Crippen LogP contribution in [0.3, 0.4) is 0 Å². The number of hydrogen-bond donors (Lipinski definition) is 1. The van der Waals surface area contributed by atoms with E-state index in [9.17, 15) is 0 Å². The Morgan fingerprint density at radius 2 is 2.24 bits per heavy atom. The zero-order chi connectivity index (χ0) is 11.5. The first-order chi connectivity index (χ1) is 8.43. The van der Waals surface area contributed by atoms with Crippen LogP contribution in [-0.2, 0) is 6.54 Å². The SMILES string of the molecule is c1ncn(CC2CCSCC2)c1C1CCNC1. The molecule has 1 unspecified atom stereocenters. The quantitative estimate of drug-likeness (QED) is 0.892. The Labute approximate surface area is 107 Å². The van der Waals surface area contributed by atoms with Crippen molar-refractivity contribution >= 4 is 11.8 Å². The zero-order valence-corrected chi connectivity index (χ0v) is 11.1. The van der Waals surface area contributed by atoms with Gasteiger partial charge in [-0.05, 0) is 43.2 Å². The van der Waals surface area contributed by atoms with Gasteiger partial charge in [0.05, 0.1) is 6.33 Å². The molecule has 1 N–H and O–H groups in total. The average molecular weight is 251 g/mol. The van der Waals surface area contributed by atoms with Crippen LogP contribution in [-0.4, -0.2) is 34.1 Å². The van der Waals surface area contributed by atoms with Gasteiger partial charge in [-0.2, -0.15) is 11.8 Å². The van der Waals surface area contributed by atoms with Gasteiger partial charge in [-0.1, -0.05) is 0 Å². The van der Waals surface area contributed by atoms with Crippen molar-refractivity contribution in [2.24, 2.45) is 5.92 Å². The molecular formula is C13H21N3S. The van der Waals surface area contributed by atoms with E-state index < -0.39 is 0 Å². The molecule has 3 heterocycles. The van der Waals surface area contributed by atoms with Gasteiger partial charge >= 0.3 is 0 Å². The topological polar surface area (TPSA) is 29.9 Å². The zero-order valence-electron chi connectivity index (χ0n) is 10.3. The second-order valence-corrected chi connectivity index (χ2v) is 6.44. The van der Waals surface area contributed by atoms with E-state index in [1.807, 2.05) is 6.33 Å². The summed E-state index contributed by atoms with van der Waals surface area (Å²) >= 11 is 2.11. The summed E-state index contributed by atoms with van der Waals surface area (Å²) in [4.78, 5) is 4.36. The van der Waals surface area contributed by atoms with E-state index in [-0.39, 0.29) is 0 Å². The lowest BCUT2D eigenvalue weighted by Crippen LogP contribution is -2.19. The van der Waals surface area contributed by atoms with Crippen LogP contribution in [0.5, 0.6) is 0 Å². The van der Waals surface area contributed by atoms with E-state index in [1.54, 1.807) is 0 Å². The van der Waals surface area contributed by atoms with E-state index in [1.165, 1.54) is 43.0 Å². The van der Waals surface area contributed by atoms with Gasteiger partial charge < -0.3 is 9.88 Å². The highest BCUT2D eigenvalue weighted by atomic mass is 32.2. The normalized spacial score (nSPS) is 26.5. The van der Waals surface area contributed by atoms with Gasteiger partial charge in [-0.15, -0.1) is 0 Å². The minimum absolute atomic E-state index is 0.690. The summed E-state index contributed by atoms with van der Waals surface area (Å²) in [7, 11) is 0. The third-order valence-corrected chi connectivity index (χ3v) is 5.07. The van der Waals surface area contributed by atoms with Crippen LogP contribution in [0.25, 0.3) is 0 Å². The minimum Gasteiger partial charge on any atom is -0.334 e. The first kappa shape index (κ1) is 11.6.